The minimum atomic E-state index is -0.280. The van der Waals surface area contributed by atoms with Crippen molar-refractivity contribution >= 4 is 12.0 Å². The number of aromatic hydroxyl groups is 1. The van der Waals surface area contributed by atoms with E-state index in [1.807, 2.05) is 6.92 Å². The largest absolute Gasteiger partial charge is 0.508 e. The highest BCUT2D eigenvalue weighted by Crippen LogP contribution is 2.15. The predicted octanol–water partition coefficient (Wildman–Crippen LogP) is 2.75. The first-order chi connectivity index (χ1) is 7.67. The van der Waals surface area contributed by atoms with Gasteiger partial charge in [-0.3, -0.25) is 0 Å². The maximum Gasteiger partial charge on any atom is 0.333 e. The average molecular weight is 220 g/mol. The van der Waals surface area contributed by atoms with Gasteiger partial charge in [0.05, 0.1) is 6.61 Å². The molecule has 0 aliphatic heterocycles. The molecule has 0 spiro atoms. The van der Waals surface area contributed by atoms with Crippen molar-refractivity contribution in [2.45, 2.75) is 20.3 Å². The average Bonchev–Trinajstić information content (AvgIpc) is 2.28. The molecule has 0 unspecified atom stereocenters. The van der Waals surface area contributed by atoms with Crippen molar-refractivity contribution in [3.63, 3.8) is 0 Å². The molecule has 0 aliphatic rings. The van der Waals surface area contributed by atoms with E-state index in [1.54, 1.807) is 37.3 Å². The first-order valence-corrected chi connectivity index (χ1v) is 5.34. The topological polar surface area (TPSA) is 46.5 Å². The molecule has 0 fully saturated rings. The minimum absolute atomic E-state index is 0.214. The molecule has 16 heavy (non-hydrogen) atoms. The Bertz CT molecular complexity index is 377. The minimum Gasteiger partial charge on any atom is -0.508 e. The van der Waals surface area contributed by atoms with Gasteiger partial charge in [-0.05, 0) is 37.1 Å². The van der Waals surface area contributed by atoms with Gasteiger partial charge in [0.2, 0.25) is 0 Å². The summed E-state index contributed by atoms with van der Waals surface area (Å²) < 4.78 is 4.93. The van der Waals surface area contributed by atoms with E-state index in [2.05, 4.69) is 0 Å². The summed E-state index contributed by atoms with van der Waals surface area (Å²) in [5.74, 6) is -0.0654. The molecule has 1 aromatic carbocycles. The summed E-state index contributed by atoms with van der Waals surface area (Å²) in [6.45, 7) is 4.07. The molecule has 0 aliphatic carbocycles. The van der Waals surface area contributed by atoms with Gasteiger partial charge in [-0.25, -0.2) is 4.79 Å². The summed E-state index contributed by atoms with van der Waals surface area (Å²) in [4.78, 5) is 11.5. The van der Waals surface area contributed by atoms with Crippen molar-refractivity contribution in [1.82, 2.24) is 0 Å². The SMILES string of the molecule is CCOC(=O)C(=Cc1ccc(O)cc1)CC. The first kappa shape index (κ1) is 12.3. The lowest BCUT2D eigenvalue weighted by molar-refractivity contribution is -0.138. The fraction of sp³-hybridized carbons (Fsp3) is 0.308. The number of benzene rings is 1. The van der Waals surface area contributed by atoms with E-state index in [1.165, 1.54) is 0 Å². The van der Waals surface area contributed by atoms with Crippen molar-refractivity contribution < 1.29 is 14.6 Å². The van der Waals surface area contributed by atoms with Gasteiger partial charge >= 0.3 is 5.97 Å². The highest BCUT2D eigenvalue weighted by Gasteiger charge is 2.07. The summed E-state index contributed by atoms with van der Waals surface area (Å²) in [6, 6.07) is 6.68. The Hall–Kier alpha value is -1.77. The fourth-order valence-corrected chi connectivity index (χ4v) is 1.30. The molecule has 1 rings (SSSR count). The molecular formula is C13H16O3. The van der Waals surface area contributed by atoms with E-state index in [4.69, 9.17) is 9.84 Å². The quantitative estimate of drug-likeness (QED) is 0.627. The third kappa shape index (κ3) is 3.42. The third-order valence-electron chi connectivity index (χ3n) is 2.15. The molecule has 0 bridgehead atoms. The van der Waals surface area contributed by atoms with Gasteiger partial charge < -0.3 is 9.84 Å². The highest BCUT2D eigenvalue weighted by atomic mass is 16.5. The van der Waals surface area contributed by atoms with Crippen LogP contribution in [0.15, 0.2) is 29.8 Å². The molecule has 1 aromatic rings. The number of phenolic OH excluding ortho intramolecular Hbond substituents is 1. The van der Waals surface area contributed by atoms with Crippen molar-refractivity contribution in [2.24, 2.45) is 0 Å². The van der Waals surface area contributed by atoms with Crippen molar-refractivity contribution in [2.75, 3.05) is 6.61 Å². The van der Waals surface area contributed by atoms with Gasteiger partial charge in [-0.15, -0.1) is 0 Å². The van der Waals surface area contributed by atoms with Crippen LogP contribution in [0, 0.1) is 0 Å². The first-order valence-electron chi connectivity index (χ1n) is 5.34. The molecule has 0 saturated carbocycles. The van der Waals surface area contributed by atoms with Crippen LogP contribution in [0.1, 0.15) is 25.8 Å². The maximum atomic E-state index is 11.5. The summed E-state index contributed by atoms with van der Waals surface area (Å²) >= 11 is 0. The van der Waals surface area contributed by atoms with Gasteiger partial charge in [0.1, 0.15) is 5.75 Å². The standard InChI is InChI=1S/C13H16O3/c1-3-11(13(15)16-4-2)9-10-5-7-12(14)8-6-10/h5-9,14H,3-4H2,1-2H3. The van der Waals surface area contributed by atoms with Crippen molar-refractivity contribution in [3.05, 3.63) is 35.4 Å². The Balaban J connectivity index is 2.87. The number of phenols is 1. The van der Waals surface area contributed by atoms with Gasteiger partial charge in [0.25, 0.3) is 0 Å². The maximum absolute atomic E-state index is 11.5. The Labute approximate surface area is 95.4 Å². The summed E-state index contributed by atoms with van der Waals surface area (Å²) in [6.07, 6.45) is 2.40. The van der Waals surface area contributed by atoms with Crippen LogP contribution < -0.4 is 0 Å². The van der Waals surface area contributed by atoms with Gasteiger partial charge in [0, 0.05) is 5.57 Å². The zero-order valence-corrected chi connectivity index (χ0v) is 9.56. The smallest absolute Gasteiger partial charge is 0.333 e. The van der Waals surface area contributed by atoms with E-state index in [-0.39, 0.29) is 11.7 Å². The summed E-state index contributed by atoms with van der Waals surface area (Å²) in [5, 5.41) is 9.13. The molecule has 1 N–H and O–H groups in total. The van der Waals surface area contributed by atoms with E-state index in [0.717, 1.165) is 5.56 Å². The van der Waals surface area contributed by atoms with Crippen LogP contribution in [-0.2, 0) is 9.53 Å². The Morgan fingerprint density at radius 2 is 1.94 bits per heavy atom. The number of carbonyl (C=O) groups is 1. The van der Waals surface area contributed by atoms with E-state index < -0.39 is 0 Å². The van der Waals surface area contributed by atoms with Crippen molar-refractivity contribution in [1.29, 1.82) is 0 Å². The molecule has 0 amide bonds. The van der Waals surface area contributed by atoms with Crippen LogP contribution in [0.5, 0.6) is 5.75 Å². The second kappa shape index (κ2) is 5.95. The fourth-order valence-electron chi connectivity index (χ4n) is 1.30. The zero-order chi connectivity index (χ0) is 12.0. The molecule has 0 heterocycles. The summed E-state index contributed by atoms with van der Waals surface area (Å²) in [5.41, 5.74) is 1.51. The molecule has 0 saturated heterocycles. The number of esters is 1. The second-order valence-corrected chi connectivity index (χ2v) is 3.34. The van der Waals surface area contributed by atoms with Crippen LogP contribution in [0.3, 0.4) is 0 Å². The Morgan fingerprint density at radius 1 is 1.31 bits per heavy atom. The third-order valence-corrected chi connectivity index (χ3v) is 2.15. The Kier molecular flexibility index (Phi) is 4.58. The lowest BCUT2D eigenvalue weighted by Gasteiger charge is -2.04. The lowest BCUT2D eigenvalue weighted by atomic mass is 10.1. The van der Waals surface area contributed by atoms with Crippen molar-refractivity contribution in [3.8, 4) is 5.75 Å². The summed E-state index contributed by atoms with van der Waals surface area (Å²) in [7, 11) is 0. The number of rotatable bonds is 4. The monoisotopic (exact) mass is 220 g/mol. The van der Waals surface area contributed by atoms with Crippen LogP contribution in [0.4, 0.5) is 0 Å². The number of ether oxygens (including phenoxy) is 1. The molecular weight excluding hydrogens is 204 g/mol. The van der Waals surface area contributed by atoms with Gasteiger partial charge in [-0.1, -0.05) is 19.1 Å². The van der Waals surface area contributed by atoms with E-state index in [0.29, 0.717) is 18.6 Å². The molecule has 86 valence electrons. The zero-order valence-electron chi connectivity index (χ0n) is 9.56. The normalized spacial score (nSPS) is 11.2. The lowest BCUT2D eigenvalue weighted by Crippen LogP contribution is -2.06. The van der Waals surface area contributed by atoms with Crippen LogP contribution in [0.2, 0.25) is 0 Å². The molecule has 0 radical (unpaired) electrons. The number of hydrogen-bond donors (Lipinski definition) is 1. The van der Waals surface area contributed by atoms with Crippen LogP contribution >= 0.6 is 0 Å². The highest BCUT2D eigenvalue weighted by molar-refractivity contribution is 5.93. The number of carbonyl (C=O) groups excluding carboxylic acids is 1. The van der Waals surface area contributed by atoms with Crippen LogP contribution in [0.25, 0.3) is 6.08 Å². The van der Waals surface area contributed by atoms with Crippen LogP contribution in [-0.4, -0.2) is 17.7 Å². The molecule has 3 nitrogen and oxygen atoms in total. The molecule has 3 heteroatoms. The molecule has 0 aromatic heterocycles. The number of hydrogen-bond acceptors (Lipinski definition) is 3. The van der Waals surface area contributed by atoms with E-state index in [9.17, 15) is 4.79 Å². The van der Waals surface area contributed by atoms with Gasteiger partial charge in [-0.2, -0.15) is 0 Å². The second-order valence-electron chi connectivity index (χ2n) is 3.34. The Morgan fingerprint density at radius 3 is 2.44 bits per heavy atom. The van der Waals surface area contributed by atoms with E-state index >= 15 is 0 Å². The molecule has 0 atom stereocenters. The van der Waals surface area contributed by atoms with Gasteiger partial charge in [0.15, 0.2) is 0 Å². The predicted molar refractivity (Wildman–Crippen MR) is 63.0 cm³/mol.